The summed E-state index contributed by atoms with van der Waals surface area (Å²) in [6.45, 7) is 13.8. The van der Waals surface area contributed by atoms with E-state index >= 15 is 0 Å². The Kier molecular flexibility index (Phi) is 23.7. The second kappa shape index (κ2) is 26.1. The highest BCUT2D eigenvalue weighted by atomic mass is 16.4. The molecule has 13 nitrogen and oxygen atoms in total. The first-order valence-electron chi connectivity index (χ1n) is 17.8. The first-order valence-corrected chi connectivity index (χ1v) is 17.8. The number of H-pyrrole nitrogens is 1. The van der Waals surface area contributed by atoms with Crippen LogP contribution in [0.25, 0.3) is 10.9 Å². The van der Waals surface area contributed by atoms with Crippen molar-refractivity contribution in [3.8, 4) is 5.75 Å². The molecule has 3 aromatic rings. The van der Waals surface area contributed by atoms with Crippen molar-refractivity contribution in [2.75, 3.05) is 13.2 Å². The molecule has 1 fully saturated rings. The summed E-state index contributed by atoms with van der Waals surface area (Å²) in [7, 11) is 0. The second-order valence-corrected chi connectivity index (χ2v) is 11.2. The number of carbonyl (C=O) groups excluding carboxylic acids is 4. The zero-order chi connectivity index (χ0) is 38.9. The minimum absolute atomic E-state index is 0.0283. The molecule has 3 amide bonds. The van der Waals surface area contributed by atoms with Crippen LogP contribution in [0.1, 0.15) is 85.3 Å². The maximum absolute atomic E-state index is 13.5. The van der Waals surface area contributed by atoms with Crippen molar-refractivity contribution in [2.45, 2.75) is 111 Å². The number of hydrogen-bond donors (Lipinski definition) is 7. The molecule has 4 rings (SSSR count). The lowest BCUT2D eigenvalue weighted by atomic mass is 10.0. The van der Waals surface area contributed by atoms with E-state index in [-0.39, 0.29) is 25.1 Å². The Hall–Kier alpha value is -4.75. The molecule has 2 aromatic carbocycles. The fraction of sp³-hybridized carbons (Fsp3) is 0.500. The summed E-state index contributed by atoms with van der Waals surface area (Å²) < 4.78 is 0. The lowest BCUT2D eigenvalue weighted by molar-refractivity contribution is -0.143. The Bertz CT molecular complexity index is 1460. The molecule has 8 N–H and O–H groups in total. The molecule has 1 aliphatic heterocycles. The highest BCUT2D eigenvalue weighted by Crippen LogP contribution is 2.21. The molecule has 1 aromatic heterocycles. The number of aromatic nitrogens is 1. The van der Waals surface area contributed by atoms with Crippen molar-refractivity contribution in [3.05, 3.63) is 65.9 Å². The SMILES string of the molecule is CC.CC.CCC.CCC=O.NC(CO)C(=O)N1CCC[C@H]1C(=O)NC(Cc1c[nH]c2ccccc12)C(=O)NC(Cc1ccc(O)cc1)C(=O)O. The molecule has 0 spiro atoms. The molecule has 1 saturated heterocycles. The number of phenols is 1. The summed E-state index contributed by atoms with van der Waals surface area (Å²) in [6, 6.07) is 8.93. The largest absolute Gasteiger partial charge is 0.508 e. The molecular weight excluding hydrogens is 654 g/mol. The average molecular weight is 714 g/mol. The van der Waals surface area contributed by atoms with Crippen molar-refractivity contribution in [2.24, 2.45) is 5.73 Å². The number of aliphatic hydroxyl groups is 1. The third-order valence-electron chi connectivity index (χ3n) is 7.24. The van der Waals surface area contributed by atoms with Gasteiger partial charge in [0.15, 0.2) is 0 Å². The van der Waals surface area contributed by atoms with Gasteiger partial charge in [0.05, 0.1) is 6.61 Å². The number of aromatic amines is 1. The number of para-hydroxylation sites is 1. The van der Waals surface area contributed by atoms with Crippen LogP contribution >= 0.6 is 0 Å². The van der Waals surface area contributed by atoms with E-state index in [0.29, 0.717) is 24.8 Å². The molecule has 3 unspecified atom stereocenters. The zero-order valence-corrected chi connectivity index (χ0v) is 31.1. The van der Waals surface area contributed by atoms with Crippen LogP contribution in [0, 0.1) is 0 Å². The van der Waals surface area contributed by atoms with Gasteiger partial charge in [-0.15, -0.1) is 0 Å². The number of aldehydes is 1. The van der Waals surface area contributed by atoms with Gasteiger partial charge in [0.1, 0.15) is 36.2 Å². The fourth-order valence-corrected chi connectivity index (χ4v) is 4.93. The number of hydrogen-bond acceptors (Lipinski definition) is 8. The third kappa shape index (κ3) is 15.4. The van der Waals surface area contributed by atoms with Gasteiger partial charge in [-0.1, -0.05) is 85.2 Å². The van der Waals surface area contributed by atoms with E-state index in [9.17, 15) is 39.3 Å². The summed E-state index contributed by atoms with van der Waals surface area (Å²) in [5.74, 6) is -3.06. The second-order valence-electron chi connectivity index (χ2n) is 11.2. The number of rotatable bonds is 12. The molecular formula is C38H59N5O8. The van der Waals surface area contributed by atoms with Crippen LogP contribution in [-0.2, 0) is 36.8 Å². The normalized spacial score (nSPS) is 14.6. The van der Waals surface area contributed by atoms with Crippen molar-refractivity contribution >= 4 is 40.9 Å². The molecule has 4 atom stereocenters. The Labute approximate surface area is 302 Å². The monoisotopic (exact) mass is 713 g/mol. The smallest absolute Gasteiger partial charge is 0.326 e. The summed E-state index contributed by atoms with van der Waals surface area (Å²) in [5, 5.41) is 34.7. The van der Waals surface area contributed by atoms with Gasteiger partial charge in [0.25, 0.3) is 0 Å². The standard InChI is InChI=1S/C28H33N5O7.C3H6O.C3H8.2C2H6/c29-20(15-34)27(38)33-11-3-6-24(33)26(37)31-22(13-17-14-30-21-5-2-1-4-19(17)21)25(36)32-23(28(39)40)12-16-7-9-18(35)10-8-16;1-2-3-4;1-3-2;2*1-2/h1-2,4-5,7-10,14,20,22-24,30,34-35H,3,6,11-13,15,29H2,(H,31,37)(H,32,36)(H,39,40);3H,2H2,1H3;3H2,1-2H3;2*1-2H3/t20?,22?,23?,24-;;;;/m0..../s1. The van der Waals surface area contributed by atoms with Gasteiger partial charge in [-0.05, 0) is 42.2 Å². The van der Waals surface area contributed by atoms with Gasteiger partial charge < -0.3 is 46.4 Å². The average Bonchev–Trinajstić information content (AvgIpc) is 3.81. The Morgan fingerprint density at radius 1 is 0.961 bits per heavy atom. The third-order valence-corrected chi connectivity index (χ3v) is 7.24. The van der Waals surface area contributed by atoms with Crippen LogP contribution < -0.4 is 16.4 Å². The van der Waals surface area contributed by atoms with Gasteiger partial charge >= 0.3 is 5.97 Å². The molecule has 1 aliphatic rings. The summed E-state index contributed by atoms with van der Waals surface area (Å²) >= 11 is 0. The number of nitrogens with one attached hydrogen (secondary N) is 3. The van der Waals surface area contributed by atoms with Gasteiger partial charge in [0, 0.05) is 42.9 Å². The Morgan fingerprint density at radius 2 is 1.55 bits per heavy atom. The molecule has 13 heteroatoms. The van der Waals surface area contributed by atoms with Crippen molar-refractivity contribution in [3.63, 3.8) is 0 Å². The van der Waals surface area contributed by atoms with Crippen molar-refractivity contribution in [1.29, 1.82) is 0 Å². The van der Waals surface area contributed by atoms with E-state index in [4.69, 9.17) is 5.73 Å². The fourth-order valence-electron chi connectivity index (χ4n) is 4.93. The number of aromatic hydroxyl groups is 1. The number of aliphatic carboxylic acids is 1. The minimum atomic E-state index is -1.30. The first-order chi connectivity index (χ1) is 24.5. The van der Waals surface area contributed by atoms with Gasteiger partial charge in [-0.25, -0.2) is 4.79 Å². The van der Waals surface area contributed by atoms with Gasteiger partial charge in [-0.2, -0.15) is 0 Å². The number of nitrogens with zero attached hydrogens (tertiary/aromatic N) is 1. The van der Waals surface area contributed by atoms with E-state index in [1.807, 2.05) is 58.9 Å². The van der Waals surface area contributed by atoms with Crippen LogP contribution in [0.5, 0.6) is 5.75 Å². The molecule has 284 valence electrons. The zero-order valence-electron chi connectivity index (χ0n) is 31.1. The van der Waals surface area contributed by atoms with E-state index in [1.165, 1.54) is 23.5 Å². The van der Waals surface area contributed by atoms with E-state index < -0.39 is 54.5 Å². The summed E-state index contributed by atoms with van der Waals surface area (Å²) in [6.07, 6.45) is 5.42. The van der Waals surface area contributed by atoms with E-state index in [0.717, 1.165) is 22.8 Å². The maximum atomic E-state index is 13.5. The number of phenolic OH excluding ortho intramolecular Hbond substituents is 1. The maximum Gasteiger partial charge on any atom is 0.326 e. The predicted molar refractivity (Wildman–Crippen MR) is 200 cm³/mol. The van der Waals surface area contributed by atoms with Crippen molar-refractivity contribution < 1.29 is 39.3 Å². The Morgan fingerprint density at radius 3 is 2.10 bits per heavy atom. The summed E-state index contributed by atoms with van der Waals surface area (Å²) in [4.78, 5) is 65.2. The molecule has 2 heterocycles. The Balaban J connectivity index is 0.00000203. The number of carboxylic acid groups (broad SMARTS) is 1. The number of likely N-dealkylation sites (tertiary alicyclic amines) is 1. The molecule has 51 heavy (non-hydrogen) atoms. The predicted octanol–water partition coefficient (Wildman–Crippen LogP) is 4.09. The van der Waals surface area contributed by atoms with E-state index in [2.05, 4.69) is 29.5 Å². The molecule has 0 bridgehead atoms. The molecule has 0 aliphatic carbocycles. The van der Waals surface area contributed by atoms with Gasteiger partial charge in [0.2, 0.25) is 17.7 Å². The minimum Gasteiger partial charge on any atom is -0.508 e. The lowest BCUT2D eigenvalue weighted by Crippen LogP contribution is -2.57. The van der Waals surface area contributed by atoms with Crippen LogP contribution in [0.2, 0.25) is 0 Å². The lowest BCUT2D eigenvalue weighted by Gasteiger charge is -2.28. The number of aliphatic hydroxyl groups excluding tert-OH is 1. The highest BCUT2D eigenvalue weighted by molar-refractivity contribution is 5.95. The topological polar surface area (TPSA) is 215 Å². The number of benzene rings is 2. The summed E-state index contributed by atoms with van der Waals surface area (Å²) in [5.41, 5.74) is 7.86. The van der Waals surface area contributed by atoms with Crippen LogP contribution in [-0.4, -0.2) is 92.5 Å². The van der Waals surface area contributed by atoms with Crippen molar-refractivity contribution in [1.82, 2.24) is 20.5 Å². The highest BCUT2D eigenvalue weighted by Gasteiger charge is 2.38. The quantitative estimate of drug-likeness (QED) is 0.134. The number of carboxylic acids is 1. The van der Waals surface area contributed by atoms with Crippen LogP contribution in [0.4, 0.5) is 0 Å². The van der Waals surface area contributed by atoms with Crippen LogP contribution in [0.3, 0.4) is 0 Å². The number of amides is 3. The van der Waals surface area contributed by atoms with Gasteiger partial charge in [-0.3, -0.25) is 14.4 Å². The van der Waals surface area contributed by atoms with Crippen LogP contribution in [0.15, 0.2) is 54.7 Å². The molecule has 0 saturated carbocycles. The first kappa shape index (κ1) is 46.2. The number of fused-ring (bicyclic) bond motifs is 1. The number of nitrogens with two attached hydrogens (primary N) is 1. The molecule has 0 radical (unpaired) electrons. The van der Waals surface area contributed by atoms with E-state index in [1.54, 1.807) is 18.3 Å². The number of carbonyl (C=O) groups is 5.